The molecule has 0 saturated heterocycles. The van der Waals surface area contributed by atoms with Gasteiger partial charge in [0.25, 0.3) is 0 Å². The molecular formula is C9H12N4. The molecule has 4 heteroatoms. The Kier molecular flexibility index (Phi) is 1.34. The molecule has 1 aromatic rings. The van der Waals surface area contributed by atoms with E-state index in [1.807, 2.05) is 6.92 Å². The second-order valence-electron chi connectivity index (χ2n) is 3.77. The molecule has 2 aliphatic rings. The number of hydrogen-bond donors (Lipinski definition) is 0. The van der Waals surface area contributed by atoms with Gasteiger partial charge in [0.15, 0.2) is 5.82 Å². The smallest absolute Gasteiger partial charge is 0.177 e. The summed E-state index contributed by atoms with van der Waals surface area (Å²) in [4.78, 5) is 4.36. The summed E-state index contributed by atoms with van der Waals surface area (Å²) in [6.07, 6.45) is 2.57. The Bertz CT molecular complexity index is 373. The lowest BCUT2D eigenvalue weighted by atomic mass is 10.3. The van der Waals surface area contributed by atoms with Crippen molar-refractivity contribution in [2.75, 3.05) is 6.54 Å². The molecule has 1 aliphatic carbocycles. The zero-order valence-electron chi connectivity index (χ0n) is 7.69. The number of aliphatic imine (C=N–C) groups is 1. The highest BCUT2D eigenvalue weighted by molar-refractivity contribution is 5.95. The molecule has 0 amide bonds. The summed E-state index contributed by atoms with van der Waals surface area (Å²) >= 11 is 0. The second kappa shape index (κ2) is 2.40. The average Bonchev–Trinajstić information content (AvgIpc) is 2.87. The third-order valence-corrected chi connectivity index (χ3v) is 2.72. The van der Waals surface area contributed by atoms with Crippen molar-refractivity contribution in [2.45, 2.75) is 32.2 Å². The highest BCUT2D eigenvalue weighted by atomic mass is 15.3. The molecule has 0 spiro atoms. The van der Waals surface area contributed by atoms with Gasteiger partial charge in [-0.1, -0.05) is 0 Å². The predicted molar refractivity (Wildman–Crippen MR) is 49.1 cm³/mol. The van der Waals surface area contributed by atoms with Crippen LogP contribution in [-0.4, -0.2) is 27.0 Å². The minimum Gasteiger partial charge on any atom is -0.308 e. The van der Waals surface area contributed by atoms with Gasteiger partial charge in [-0.05, 0) is 19.8 Å². The number of hydrogen-bond acceptors (Lipinski definition) is 3. The van der Waals surface area contributed by atoms with E-state index in [-0.39, 0.29) is 0 Å². The van der Waals surface area contributed by atoms with Gasteiger partial charge >= 0.3 is 0 Å². The third kappa shape index (κ3) is 1.01. The van der Waals surface area contributed by atoms with Gasteiger partial charge in [-0.2, -0.15) is 0 Å². The summed E-state index contributed by atoms with van der Waals surface area (Å²) in [5.41, 5.74) is 1.03. The molecule has 0 bridgehead atoms. The van der Waals surface area contributed by atoms with Crippen molar-refractivity contribution < 1.29 is 0 Å². The molecule has 13 heavy (non-hydrogen) atoms. The van der Waals surface area contributed by atoms with Gasteiger partial charge in [0.2, 0.25) is 0 Å². The van der Waals surface area contributed by atoms with E-state index in [2.05, 4.69) is 19.8 Å². The Morgan fingerprint density at radius 3 is 2.92 bits per heavy atom. The van der Waals surface area contributed by atoms with Gasteiger partial charge in [-0.3, -0.25) is 4.99 Å². The maximum Gasteiger partial charge on any atom is 0.177 e. The largest absolute Gasteiger partial charge is 0.308 e. The second-order valence-corrected chi connectivity index (χ2v) is 3.77. The Labute approximate surface area is 76.7 Å². The molecule has 1 aliphatic heterocycles. The third-order valence-electron chi connectivity index (χ3n) is 2.72. The van der Waals surface area contributed by atoms with Gasteiger partial charge in [0.05, 0.1) is 12.3 Å². The molecule has 0 atom stereocenters. The van der Waals surface area contributed by atoms with Gasteiger partial charge in [0, 0.05) is 12.5 Å². The van der Waals surface area contributed by atoms with Gasteiger partial charge in [0.1, 0.15) is 5.82 Å². The molecule has 1 aromatic heterocycles. The van der Waals surface area contributed by atoms with E-state index in [1.54, 1.807) is 0 Å². The van der Waals surface area contributed by atoms with Crippen molar-refractivity contribution >= 4 is 5.71 Å². The van der Waals surface area contributed by atoms with Crippen LogP contribution < -0.4 is 0 Å². The van der Waals surface area contributed by atoms with Crippen LogP contribution in [0.25, 0.3) is 0 Å². The van der Waals surface area contributed by atoms with E-state index in [1.165, 1.54) is 18.7 Å². The van der Waals surface area contributed by atoms with Crippen LogP contribution in [0.2, 0.25) is 0 Å². The van der Waals surface area contributed by atoms with E-state index in [9.17, 15) is 0 Å². The monoisotopic (exact) mass is 176 g/mol. The van der Waals surface area contributed by atoms with Crippen LogP contribution >= 0.6 is 0 Å². The molecule has 68 valence electrons. The highest BCUT2D eigenvalue weighted by Gasteiger charge is 2.31. The molecule has 2 heterocycles. The average molecular weight is 176 g/mol. The van der Waals surface area contributed by atoms with Crippen LogP contribution in [0.3, 0.4) is 0 Å². The Morgan fingerprint density at radius 2 is 2.15 bits per heavy atom. The molecule has 0 N–H and O–H groups in total. The normalized spacial score (nSPS) is 21.2. The van der Waals surface area contributed by atoms with Crippen molar-refractivity contribution in [1.29, 1.82) is 0 Å². The molecule has 0 radical (unpaired) electrons. The SMILES string of the molecule is CC1=NCCn2c1nnc2C1CC1. The van der Waals surface area contributed by atoms with Gasteiger partial charge < -0.3 is 4.57 Å². The molecule has 1 saturated carbocycles. The molecule has 3 rings (SSSR count). The first-order valence-electron chi connectivity index (χ1n) is 4.81. The summed E-state index contributed by atoms with van der Waals surface area (Å²) in [6, 6.07) is 0. The van der Waals surface area contributed by atoms with Crippen LogP contribution in [0.4, 0.5) is 0 Å². The Hall–Kier alpha value is -1.19. The maximum atomic E-state index is 4.36. The fourth-order valence-electron chi connectivity index (χ4n) is 1.84. The van der Waals surface area contributed by atoms with E-state index in [0.29, 0.717) is 5.92 Å². The quantitative estimate of drug-likeness (QED) is 0.640. The van der Waals surface area contributed by atoms with Crippen LogP contribution in [0.1, 0.15) is 37.3 Å². The minimum atomic E-state index is 0.687. The number of fused-ring (bicyclic) bond motifs is 1. The summed E-state index contributed by atoms with van der Waals surface area (Å²) in [7, 11) is 0. The standard InChI is InChI=1S/C9H12N4/c1-6-8-11-12-9(7-2-3-7)13(8)5-4-10-6/h7H,2-5H2,1H3. The minimum absolute atomic E-state index is 0.687. The molecule has 0 aromatic carbocycles. The molecule has 4 nitrogen and oxygen atoms in total. The lowest BCUT2D eigenvalue weighted by Gasteiger charge is -2.12. The lowest BCUT2D eigenvalue weighted by Crippen LogP contribution is -2.18. The van der Waals surface area contributed by atoms with Gasteiger partial charge in [-0.25, -0.2) is 0 Å². The lowest BCUT2D eigenvalue weighted by molar-refractivity contribution is 0.643. The molecular weight excluding hydrogens is 164 g/mol. The fourth-order valence-corrected chi connectivity index (χ4v) is 1.84. The van der Waals surface area contributed by atoms with Crippen LogP contribution in [0.5, 0.6) is 0 Å². The zero-order chi connectivity index (χ0) is 8.84. The van der Waals surface area contributed by atoms with E-state index in [0.717, 1.165) is 24.6 Å². The molecule has 1 fully saturated rings. The maximum absolute atomic E-state index is 4.36. The van der Waals surface area contributed by atoms with E-state index >= 15 is 0 Å². The summed E-state index contributed by atoms with van der Waals surface area (Å²) in [5, 5.41) is 8.42. The first kappa shape index (κ1) is 7.24. The fraction of sp³-hybridized carbons (Fsp3) is 0.667. The van der Waals surface area contributed by atoms with Crippen molar-refractivity contribution in [3.63, 3.8) is 0 Å². The van der Waals surface area contributed by atoms with E-state index < -0.39 is 0 Å². The van der Waals surface area contributed by atoms with Gasteiger partial charge in [-0.15, -0.1) is 10.2 Å². The van der Waals surface area contributed by atoms with E-state index in [4.69, 9.17) is 0 Å². The number of aromatic nitrogens is 3. The summed E-state index contributed by atoms with van der Waals surface area (Å²) < 4.78 is 2.24. The molecule has 0 unspecified atom stereocenters. The highest BCUT2D eigenvalue weighted by Crippen LogP contribution is 2.39. The first-order valence-corrected chi connectivity index (χ1v) is 4.81. The van der Waals surface area contributed by atoms with Crippen molar-refractivity contribution in [2.24, 2.45) is 4.99 Å². The summed E-state index contributed by atoms with van der Waals surface area (Å²) in [6.45, 7) is 3.86. The first-order chi connectivity index (χ1) is 6.36. The Balaban J connectivity index is 2.10. The summed E-state index contributed by atoms with van der Waals surface area (Å²) in [5.74, 6) is 2.85. The van der Waals surface area contributed by atoms with Crippen molar-refractivity contribution in [1.82, 2.24) is 14.8 Å². The van der Waals surface area contributed by atoms with Crippen molar-refractivity contribution in [3.8, 4) is 0 Å². The number of nitrogens with zero attached hydrogens (tertiary/aromatic N) is 4. The zero-order valence-corrected chi connectivity index (χ0v) is 7.69. The Morgan fingerprint density at radius 1 is 1.31 bits per heavy atom. The van der Waals surface area contributed by atoms with Crippen molar-refractivity contribution in [3.05, 3.63) is 11.6 Å². The topological polar surface area (TPSA) is 43.1 Å². The van der Waals surface area contributed by atoms with Crippen LogP contribution in [0, 0.1) is 0 Å². The van der Waals surface area contributed by atoms with Crippen LogP contribution in [-0.2, 0) is 6.54 Å². The number of rotatable bonds is 1. The van der Waals surface area contributed by atoms with Crippen LogP contribution in [0.15, 0.2) is 4.99 Å². The predicted octanol–water partition coefficient (Wildman–Crippen LogP) is 0.978.